The van der Waals surface area contributed by atoms with Crippen LogP contribution in [-0.4, -0.2) is 12.1 Å². The van der Waals surface area contributed by atoms with Crippen molar-refractivity contribution in [3.05, 3.63) is 89.6 Å². The van der Waals surface area contributed by atoms with E-state index in [-0.39, 0.29) is 11.5 Å². The Morgan fingerprint density at radius 3 is 2.04 bits per heavy atom. The van der Waals surface area contributed by atoms with Gasteiger partial charge in [0.1, 0.15) is 5.75 Å². The topological polar surface area (TPSA) is 38.3 Å². The molecule has 1 N–H and O–H groups in total. The summed E-state index contributed by atoms with van der Waals surface area (Å²) in [5.41, 5.74) is 4.38. The minimum absolute atomic E-state index is 0.0556. The predicted molar refractivity (Wildman–Crippen MR) is 101 cm³/mol. The molecule has 6 heteroatoms. The molecule has 0 radical (unpaired) electrons. The number of alkyl halides is 3. The molecule has 1 aliphatic heterocycles. The lowest BCUT2D eigenvalue weighted by Gasteiger charge is -2.09. The highest BCUT2D eigenvalue weighted by molar-refractivity contribution is 6.20. The predicted octanol–water partition coefficient (Wildman–Crippen LogP) is 5.90. The standard InChI is InChI=1S/C22H14F3NO2/c23-22(24,25)28-17-11-9-16(10-12-17)15-7-5-14(6-8-15)13-20-21(27)18-3-1-2-4-19(18)26-20/h1-13,26H/b20-13-. The number of nitrogens with one attached hydrogen (secondary N) is 1. The lowest BCUT2D eigenvalue weighted by Crippen LogP contribution is -2.16. The average Bonchev–Trinajstić information content (AvgIpc) is 2.98. The number of halogens is 3. The first-order chi connectivity index (χ1) is 13.4. The number of ketones is 1. The normalized spacial score (nSPS) is 14.7. The van der Waals surface area contributed by atoms with Crippen molar-refractivity contribution in [3.8, 4) is 16.9 Å². The molecule has 3 aromatic carbocycles. The Morgan fingerprint density at radius 1 is 0.821 bits per heavy atom. The number of carbonyl (C=O) groups excluding carboxylic acids is 1. The molecule has 0 bridgehead atoms. The SMILES string of the molecule is O=C1/C(=C/c2ccc(-c3ccc(OC(F)(F)F)cc3)cc2)Nc2ccccc21. The molecule has 28 heavy (non-hydrogen) atoms. The Bertz CT molecular complexity index is 1050. The van der Waals surface area contributed by atoms with Crippen molar-refractivity contribution >= 4 is 17.5 Å². The fraction of sp³-hybridized carbons (Fsp3) is 0.0455. The molecule has 0 spiro atoms. The molecule has 0 fully saturated rings. The maximum atomic E-state index is 12.4. The van der Waals surface area contributed by atoms with Crippen molar-refractivity contribution in [3.63, 3.8) is 0 Å². The second-order valence-electron chi connectivity index (χ2n) is 6.25. The Labute approximate surface area is 159 Å². The van der Waals surface area contributed by atoms with Crippen molar-refractivity contribution in [1.29, 1.82) is 0 Å². The Hall–Kier alpha value is -3.54. The molecule has 140 valence electrons. The first-order valence-corrected chi connectivity index (χ1v) is 8.48. The van der Waals surface area contributed by atoms with Gasteiger partial charge in [-0.1, -0.05) is 48.5 Å². The smallest absolute Gasteiger partial charge is 0.406 e. The largest absolute Gasteiger partial charge is 0.573 e. The Kier molecular flexibility index (Phi) is 4.39. The second-order valence-corrected chi connectivity index (χ2v) is 6.25. The third kappa shape index (κ3) is 3.76. The molecule has 3 nitrogen and oxygen atoms in total. The maximum absolute atomic E-state index is 12.4. The van der Waals surface area contributed by atoms with Crippen molar-refractivity contribution < 1.29 is 22.7 Å². The summed E-state index contributed by atoms with van der Waals surface area (Å²) in [6.45, 7) is 0. The van der Waals surface area contributed by atoms with Gasteiger partial charge < -0.3 is 10.1 Å². The van der Waals surface area contributed by atoms with Crippen LogP contribution in [0.15, 0.2) is 78.5 Å². The van der Waals surface area contributed by atoms with Gasteiger partial charge in [0.05, 0.1) is 5.70 Å². The number of allylic oxidation sites excluding steroid dienone is 1. The number of hydrogen-bond donors (Lipinski definition) is 1. The molecule has 0 aromatic heterocycles. The number of ether oxygens (including phenoxy) is 1. The number of fused-ring (bicyclic) bond motifs is 1. The van der Waals surface area contributed by atoms with Gasteiger partial charge in [0.15, 0.2) is 0 Å². The minimum atomic E-state index is -4.71. The monoisotopic (exact) mass is 381 g/mol. The van der Waals surface area contributed by atoms with Gasteiger partial charge in [0.25, 0.3) is 0 Å². The van der Waals surface area contributed by atoms with E-state index in [1.54, 1.807) is 24.3 Å². The zero-order valence-electron chi connectivity index (χ0n) is 14.5. The van der Waals surface area contributed by atoms with Gasteiger partial charge in [0, 0.05) is 11.3 Å². The van der Waals surface area contributed by atoms with Gasteiger partial charge in [-0.3, -0.25) is 4.79 Å². The molecule has 0 aliphatic carbocycles. The van der Waals surface area contributed by atoms with E-state index in [4.69, 9.17) is 0 Å². The van der Waals surface area contributed by atoms with E-state index >= 15 is 0 Å². The van der Waals surface area contributed by atoms with Crippen molar-refractivity contribution in [2.75, 3.05) is 5.32 Å². The van der Waals surface area contributed by atoms with E-state index in [1.165, 1.54) is 12.1 Å². The second kappa shape index (κ2) is 6.88. The molecule has 0 saturated carbocycles. The van der Waals surface area contributed by atoms with E-state index in [1.807, 2.05) is 42.5 Å². The number of para-hydroxylation sites is 1. The summed E-state index contributed by atoms with van der Waals surface area (Å²) in [5, 5.41) is 3.11. The van der Waals surface area contributed by atoms with Gasteiger partial charge in [-0.05, 0) is 47.0 Å². The van der Waals surface area contributed by atoms with Crippen molar-refractivity contribution in [1.82, 2.24) is 0 Å². The number of carbonyl (C=O) groups is 1. The van der Waals surface area contributed by atoms with E-state index < -0.39 is 6.36 Å². The van der Waals surface area contributed by atoms with Gasteiger partial charge in [-0.2, -0.15) is 0 Å². The van der Waals surface area contributed by atoms with Crippen LogP contribution in [0.3, 0.4) is 0 Å². The van der Waals surface area contributed by atoms with E-state index in [2.05, 4.69) is 10.1 Å². The zero-order chi connectivity index (χ0) is 19.7. The third-order valence-electron chi connectivity index (χ3n) is 4.33. The molecule has 0 atom stereocenters. The number of benzene rings is 3. The molecule has 3 aromatic rings. The molecule has 0 saturated heterocycles. The highest BCUT2D eigenvalue weighted by Gasteiger charge is 2.31. The summed E-state index contributed by atoms with van der Waals surface area (Å²) in [7, 11) is 0. The summed E-state index contributed by atoms with van der Waals surface area (Å²) >= 11 is 0. The fourth-order valence-corrected chi connectivity index (χ4v) is 3.03. The lowest BCUT2D eigenvalue weighted by atomic mass is 10.0. The zero-order valence-corrected chi connectivity index (χ0v) is 14.5. The molecule has 4 rings (SSSR count). The first kappa shape index (κ1) is 17.9. The van der Waals surface area contributed by atoms with Crippen LogP contribution in [0, 0.1) is 0 Å². The van der Waals surface area contributed by atoms with Gasteiger partial charge >= 0.3 is 6.36 Å². The van der Waals surface area contributed by atoms with Crippen LogP contribution in [0.1, 0.15) is 15.9 Å². The molecule has 0 unspecified atom stereocenters. The minimum Gasteiger partial charge on any atom is -0.406 e. The quantitative estimate of drug-likeness (QED) is 0.574. The van der Waals surface area contributed by atoms with Crippen LogP contribution in [0.2, 0.25) is 0 Å². The molecule has 1 aliphatic rings. The highest BCUT2D eigenvalue weighted by atomic mass is 19.4. The fourth-order valence-electron chi connectivity index (χ4n) is 3.03. The van der Waals surface area contributed by atoms with Gasteiger partial charge in [-0.25, -0.2) is 0 Å². The average molecular weight is 381 g/mol. The van der Waals surface area contributed by atoms with Crippen LogP contribution in [0.4, 0.5) is 18.9 Å². The number of Topliss-reactive ketones (excluding diaryl/α,β-unsaturated/α-hetero) is 1. The summed E-state index contributed by atoms with van der Waals surface area (Å²) in [5.74, 6) is -0.317. The van der Waals surface area contributed by atoms with Gasteiger partial charge in [0.2, 0.25) is 5.78 Å². The molecule has 1 heterocycles. The highest BCUT2D eigenvalue weighted by Crippen LogP contribution is 2.30. The maximum Gasteiger partial charge on any atom is 0.573 e. The van der Waals surface area contributed by atoms with E-state index in [0.29, 0.717) is 11.3 Å². The van der Waals surface area contributed by atoms with Crippen molar-refractivity contribution in [2.45, 2.75) is 6.36 Å². The molecular formula is C22H14F3NO2. The summed E-state index contributed by atoms with van der Waals surface area (Å²) in [4.78, 5) is 12.4. The summed E-state index contributed by atoms with van der Waals surface area (Å²) in [6.07, 6.45) is -2.94. The van der Waals surface area contributed by atoms with Crippen LogP contribution in [-0.2, 0) is 0 Å². The van der Waals surface area contributed by atoms with Crippen LogP contribution >= 0.6 is 0 Å². The lowest BCUT2D eigenvalue weighted by molar-refractivity contribution is -0.274. The number of hydrogen-bond acceptors (Lipinski definition) is 3. The summed E-state index contributed by atoms with van der Waals surface area (Å²) in [6, 6.07) is 20.4. The summed E-state index contributed by atoms with van der Waals surface area (Å²) < 4.78 is 40.6. The number of anilines is 1. The molecular weight excluding hydrogens is 367 g/mol. The Morgan fingerprint density at radius 2 is 1.43 bits per heavy atom. The first-order valence-electron chi connectivity index (χ1n) is 8.48. The van der Waals surface area contributed by atoms with Gasteiger partial charge in [-0.15, -0.1) is 13.2 Å². The van der Waals surface area contributed by atoms with E-state index in [0.717, 1.165) is 22.4 Å². The van der Waals surface area contributed by atoms with Crippen LogP contribution in [0.5, 0.6) is 5.75 Å². The Balaban J connectivity index is 1.51. The van der Waals surface area contributed by atoms with Crippen LogP contribution in [0.25, 0.3) is 17.2 Å². The van der Waals surface area contributed by atoms with Crippen molar-refractivity contribution in [2.24, 2.45) is 0 Å². The van der Waals surface area contributed by atoms with E-state index in [9.17, 15) is 18.0 Å². The number of rotatable bonds is 3. The van der Waals surface area contributed by atoms with Crippen LogP contribution < -0.4 is 10.1 Å². The third-order valence-corrected chi connectivity index (χ3v) is 4.33. The molecule has 0 amide bonds.